The van der Waals surface area contributed by atoms with E-state index in [-0.39, 0.29) is 11.7 Å². The van der Waals surface area contributed by atoms with Gasteiger partial charge in [-0.25, -0.2) is 14.4 Å². The molecule has 6 rings (SSSR count). The van der Waals surface area contributed by atoms with Crippen molar-refractivity contribution >= 4 is 11.6 Å². The van der Waals surface area contributed by atoms with Crippen LogP contribution in [0.3, 0.4) is 0 Å². The van der Waals surface area contributed by atoms with E-state index in [0.29, 0.717) is 18.1 Å². The van der Waals surface area contributed by atoms with Gasteiger partial charge < -0.3 is 20.4 Å². The van der Waals surface area contributed by atoms with Gasteiger partial charge in [0.25, 0.3) is 0 Å². The summed E-state index contributed by atoms with van der Waals surface area (Å²) in [5.74, 6) is 0.751. The van der Waals surface area contributed by atoms with Crippen LogP contribution in [0, 0.1) is 5.82 Å². The second-order valence-electron chi connectivity index (χ2n) is 10.9. The molecule has 1 saturated heterocycles. The van der Waals surface area contributed by atoms with Crippen molar-refractivity contribution in [3.63, 3.8) is 0 Å². The summed E-state index contributed by atoms with van der Waals surface area (Å²) in [5, 5.41) is 6.80. The summed E-state index contributed by atoms with van der Waals surface area (Å²) in [7, 11) is 2.19. The standard InChI is InChI=1S/C33H37FN6/c1-39-17-19-40(20-18-39)16-6-15-35-33-37-23-26-21-30(28-8-3-4-9-29(28)32(26)38-33)24-11-13-27(14-12-24)36-22-25-7-2-5-10-31(25)34/h2-5,7-14,23,30,36H,6,15-22H2,1H3,(H,35,37,38). The molecule has 0 saturated carbocycles. The van der Waals surface area contributed by atoms with E-state index in [1.165, 1.54) is 28.3 Å². The number of fused-ring (bicyclic) bond motifs is 3. The SMILES string of the molecule is CN1CCN(CCCNc2ncc3c(n2)-c2ccccc2C(c2ccc(NCc4ccccc4F)cc2)C3)CC1. The smallest absolute Gasteiger partial charge is 0.223 e. The largest absolute Gasteiger partial charge is 0.381 e. The van der Waals surface area contributed by atoms with E-state index in [0.717, 1.165) is 63.5 Å². The van der Waals surface area contributed by atoms with Crippen molar-refractivity contribution in [3.05, 3.63) is 107 Å². The number of likely N-dealkylation sites (N-methyl/N-ethyl adjacent to an activating group) is 1. The Morgan fingerprint density at radius 1 is 0.900 bits per heavy atom. The molecule has 206 valence electrons. The predicted molar refractivity (Wildman–Crippen MR) is 160 cm³/mol. The first-order valence-corrected chi connectivity index (χ1v) is 14.3. The van der Waals surface area contributed by atoms with Gasteiger partial charge in [0, 0.05) is 68.2 Å². The maximum absolute atomic E-state index is 14.0. The van der Waals surface area contributed by atoms with Crippen molar-refractivity contribution < 1.29 is 4.39 Å². The number of hydrogen-bond donors (Lipinski definition) is 2. The molecule has 0 bridgehead atoms. The van der Waals surface area contributed by atoms with E-state index >= 15 is 0 Å². The van der Waals surface area contributed by atoms with E-state index in [4.69, 9.17) is 4.98 Å². The van der Waals surface area contributed by atoms with Crippen LogP contribution in [0.25, 0.3) is 11.3 Å². The van der Waals surface area contributed by atoms with Crippen molar-refractivity contribution in [2.75, 3.05) is 56.9 Å². The first kappa shape index (κ1) is 26.4. The Balaban J connectivity index is 1.11. The summed E-state index contributed by atoms with van der Waals surface area (Å²) in [5.41, 5.74) is 7.57. The second kappa shape index (κ2) is 12.1. The number of nitrogens with one attached hydrogen (secondary N) is 2. The highest BCUT2D eigenvalue weighted by molar-refractivity contribution is 5.72. The number of anilines is 2. The fraction of sp³-hybridized carbons (Fsp3) is 0.333. The third-order valence-electron chi connectivity index (χ3n) is 8.16. The molecular formula is C33H37FN6. The Kier molecular flexibility index (Phi) is 8.02. The normalized spacial score (nSPS) is 17.2. The van der Waals surface area contributed by atoms with Crippen LogP contribution < -0.4 is 10.6 Å². The minimum Gasteiger partial charge on any atom is -0.381 e. The Morgan fingerprint density at radius 3 is 2.50 bits per heavy atom. The topological polar surface area (TPSA) is 56.3 Å². The van der Waals surface area contributed by atoms with Gasteiger partial charge >= 0.3 is 0 Å². The van der Waals surface area contributed by atoms with E-state index < -0.39 is 0 Å². The lowest BCUT2D eigenvalue weighted by Gasteiger charge is -2.32. The Morgan fingerprint density at radius 2 is 1.68 bits per heavy atom. The van der Waals surface area contributed by atoms with Gasteiger partial charge in [0.05, 0.1) is 5.69 Å². The second-order valence-corrected chi connectivity index (χ2v) is 10.9. The van der Waals surface area contributed by atoms with E-state index in [1.54, 1.807) is 6.07 Å². The molecule has 40 heavy (non-hydrogen) atoms. The molecule has 2 heterocycles. The zero-order chi connectivity index (χ0) is 27.3. The van der Waals surface area contributed by atoms with Gasteiger partial charge in [0.1, 0.15) is 5.82 Å². The Labute approximate surface area is 236 Å². The third kappa shape index (κ3) is 6.01. The maximum atomic E-state index is 14.0. The van der Waals surface area contributed by atoms with Crippen LogP contribution in [0.1, 0.15) is 34.6 Å². The van der Waals surface area contributed by atoms with Crippen LogP contribution in [0.4, 0.5) is 16.0 Å². The first-order chi connectivity index (χ1) is 19.6. The average molecular weight is 537 g/mol. The Hall–Kier alpha value is -3.81. The molecule has 1 atom stereocenters. The number of aromatic nitrogens is 2. The van der Waals surface area contributed by atoms with E-state index in [9.17, 15) is 4.39 Å². The van der Waals surface area contributed by atoms with Crippen molar-refractivity contribution in [3.8, 4) is 11.3 Å². The van der Waals surface area contributed by atoms with E-state index in [1.807, 2.05) is 18.3 Å². The molecule has 1 aliphatic heterocycles. The summed E-state index contributed by atoms with van der Waals surface area (Å²) in [4.78, 5) is 14.6. The molecule has 3 aromatic carbocycles. The molecule has 0 spiro atoms. The van der Waals surface area contributed by atoms with Crippen molar-refractivity contribution in [1.82, 2.24) is 19.8 Å². The Bertz CT molecular complexity index is 1430. The third-order valence-corrected chi connectivity index (χ3v) is 8.16. The summed E-state index contributed by atoms with van der Waals surface area (Å²) < 4.78 is 14.0. The summed E-state index contributed by atoms with van der Waals surface area (Å²) in [6, 6.07) is 24.0. The number of benzene rings is 3. The average Bonchev–Trinajstić information content (AvgIpc) is 3.00. The summed E-state index contributed by atoms with van der Waals surface area (Å²) >= 11 is 0. The molecule has 7 heteroatoms. The number of nitrogens with zero attached hydrogens (tertiary/aromatic N) is 4. The van der Waals surface area contributed by atoms with Crippen LogP contribution in [0.5, 0.6) is 0 Å². The molecule has 4 aromatic rings. The lowest BCUT2D eigenvalue weighted by atomic mass is 9.78. The zero-order valence-electron chi connectivity index (χ0n) is 23.1. The van der Waals surface area contributed by atoms with Crippen molar-refractivity contribution in [1.29, 1.82) is 0 Å². The highest BCUT2D eigenvalue weighted by Gasteiger charge is 2.27. The zero-order valence-corrected chi connectivity index (χ0v) is 23.1. The van der Waals surface area contributed by atoms with Gasteiger partial charge in [-0.2, -0.15) is 0 Å². The van der Waals surface area contributed by atoms with Crippen LogP contribution in [0.2, 0.25) is 0 Å². The van der Waals surface area contributed by atoms with Gasteiger partial charge in [-0.3, -0.25) is 0 Å². The van der Waals surface area contributed by atoms with Crippen molar-refractivity contribution in [2.24, 2.45) is 0 Å². The van der Waals surface area contributed by atoms with Crippen LogP contribution in [-0.2, 0) is 13.0 Å². The summed E-state index contributed by atoms with van der Waals surface area (Å²) in [6.45, 7) is 7.03. The number of piperazine rings is 1. The van der Waals surface area contributed by atoms with Gasteiger partial charge in [0.15, 0.2) is 0 Å². The predicted octanol–water partition coefficient (Wildman–Crippen LogP) is 5.63. The van der Waals surface area contributed by atoms with Gasteiger partial charge in [-0.05, 0) is 61.3 Å². The van der Waals surface area contributed by atoms with Gasteiger partial charge in [-0.15, -0.1) is 0 Å². The quantitative estimate of drug-likeness (QED) is 0.270. The number of rotatable bonds is 9. The molecular weight excluding hydrogens is 499 g/mol. The van der Waals surface area contributed by atoms with Crippen molar-refractivity contribution in [2.45, 2.75) is 25.3 Å². The fourth-order valence-corrected chi connectivity index (χ4v) is 5.76. The highest BCUT2D eigenvalue weighted by Crippen LogP contribution is 2.42. The molecule has 1 unspecified atom stereocenters. The lowest BCUT2D eigenvalue weighted by Crippen LogP contribution is -2.44. The lowest BCUT2D eigenvalue weighted by molar-refractivity contribution is 0.154. The minimum atomic E-state index is -0.185. The maximum Gasteiger partial charge on any atom is 0.223 e. The molecule has 1 aromatic heterocycles. The minimum absolute atomic E-state index is 0.185. The number of hydrogen-bond acceptors (Lipinski definition) is 6. The van der Waals surface area contributed by atoms with Gasteiger partial charge in [0.2, 0.25) is 5.95 Å². The molecule has 1 aliphatic carbocycles. The molecule has 0 radical (unpaired) electrons. The van der Waals surface area contributed by atoms with Crippen LogP contribution >= 0.6 is 0 Å². The van der Waals surface area contributed by atoms with Crippen LogP contribution in [-0.4, -0.2) is 66.1 Å². The molecule has 0 amide bonds. The number of halogens is 1. The summed E-state index contributed by atoms with van der Waals surface area (Å²) in [6.07, 6.45) is 3.93. The highest BCUT2D eigenvalue weighted by atomic mass is 19.1. The molecule has 6 nitrogen and oxygen atoms in total. The monoisotopic (exact) mass is 536 g/mol. The van der Waals surface area contributed by atoms with Crippen LogP contribution in [0.15, 0.2) is 79.0 Å². The molecule has 2 N–H and O–H groups in total. The first-order valence-electron chi connectivity index (χ1n) is 14.3. The van der Waals surface area contributed by atoms with Gasteiger partial charge in [-0.1, -0.05) is 54.6 Å². The van der Waals surface area contributed by atoms with E-state index in [2.05, 4.69) is 81.0 Å². The molecule has 2 aliphatic rings. The molecule has 1 fully saturated rings. The fourth-order valence-electron chi connectivity index (χ4n) is 5.76.